The summed E-state index contributed by atoms with van der Waals surface area (Å²) >= 11 is 0. The molecule has 0 bridgehead atoms. The van der Waals surface area contributed by atoms with E-state index in [-0.39, 0.29) is 30.7 Å². The van der Waals surface area contributed by atoms with Gasteiger partial charge in [0, 0.05) is 25.4 Å². The molecule has 0 radical (unpaired) electrons. The van der Waals surface area contributed by atoms with Crippen molar-refractivity contribution in [1.29, 1.82) is 0 Å². The lowest BCUT2D eigenvalue weighted by Crippen LogP contribution is -2.35. The molecule has 0 aliphatic rings. The highest BCUT2D eigenvalue weighted by atomic mass is 35.5. The van der Waals surface area contributed by atoms with Gasteiger partial charge in [0.15, 0.2) is 0 Å². The first-order chi connectivity index (χ1) is 12.2. The average molecular weight is 412 g/mol. The molecule has 2 N–H and O–H groups in total. The molecule has 2 aromatic heterocycles. The predicted molar refractivity (Wildman–Crippen MR) is 107 cm³/mol. The van der Waals surface area contributed by atoms with Crippen molar-refractivity contribution in [3.05, 3.63) is 66.0 Å². The normalized spacial score (nSPS) is 11.2. The smallest absolute Gasteiger partial charge is 0.242 e. The van der Waals surface area contributed by atoms with Crippen LogP contribution in [0.1, 0.15) is 22.7 Å². The third-order valence-corrected chi connectivity index (χ3v) is 3.91. The number of nitrogens with one attached hydrogen (secondary N) is 2. The number of likely N-dealkylation sites (N-methyl/N-ethyl adjacent to an activating group) is 1. The van der Waals surface area contributed by atoms with E-state index in [0.717, 1.165) is 16.7 Å². The van der Waals surface area contributed by atoms with Crippen LogP contribution in [0.15, 0.2) is 49.3 Å². The molecule has 8 nitrogen and oxygen atoms in total. The van der Waals surface area contributed by atoms with Crippen LogP contribution in [0.2, 0.25) is 0 Å². The van der Waals surface area contributed by atoms with Gasteiger partial charge >= 0.3 is 0 Å². The van der Waals surface area contributed by atoms with Crippen molar-refractivity contribution in [2.24, 2.45) is 7.05 Å². The number of nitrogens with zero attached hydrogens (tertiary/aromatic N) is 5. The number of amides is 1. The molecule has 0 aliphatic carbocycles. The Hall–Kier alpha value is -2.42. The van der Waals surface area contributed by atoms with E-state index in [1.807, 2.05) is 37.5 Å². The fraction of sp³-hybridized carbons (Fsp3) is 0.294. The van der Waals surface area contributed by atoms with Gasteiger partial charge < -0.3 is 10.6 Å². The highest BCUT2D eigenvalue weighted by Crippen LogP contribution is 2.12. The molecule has 2 heterocycles. The van der Waals surface area contributed by atoms with Crippen molar-refractivity contribution < 1.29 is 4.79 Å². The van der Waals surface area contributed by atoms with E-state index < -0.39 is 6.04 Å². The maximum absolute atomic E-state index is 12.4. The molecular weight excluding hydrogens is 389 g/mol. The van der Waals surface area contributed by atoms with Gasteiger partial charge in [-0.15, -0.1) is 24.8 Å². The Morgan fingerprint density at radius 1 is 1.15 bits per heavy atom. The Morgan fingerprint density at radius 3 is 2.41 bits per heavy atom. The second kappa shape index (κ2) is 10.7. The predicted octanol–water partition coefficient (Wildman–Crippen LogP) is 1.48. The van der Waals surface area contributed by atoms with E-state index in [4.69, 9.17) is 0 Å². The summed E-state index contributed by atoms with van der Waals surface area (Å²) < 4.78 is 3.45. The number of carbonyl (C=O) groups excluding carboxylic acids is 1. The van der Waals surface area contributed by atoms with E-state index in [1.54, 1.807) is 28.9 Å². The van der Waals surface area contributed by atoms with Gasteiger partial charge in [0.05, 0.1) is 12.7 Å². The highest BCUT2D eigenvalue weighted by Gasteiger charge is 2.19. The van der Waals surface area contributed by atoms with Crippen LogP contribution in [-0.2, 0) is 24.9 Å². The molecule has 10 heteroatoms. The molecule has 146 valence electrons. The molecule has 1 atom stereocenters. The van der Waals surface area contributed by atoms with Gasteiger partial charge in [-0.3, -0.25) is 9.48 Å². The van der Waals surface area contributed by atoms with Gasteiger partial charge in [-0.25, -0.2) is 9.67 Å². The van der Waals surface area contributed by atoms with Crippen molar-refractivity contribution in [1.82, 2.24) is 35.2 Å². The lowest BCUT2D eigenvalue weighted by Gasteiger charge is -2.14. The topological polar surface area (TPSA) is 89.7 Å². The molecule has 3 rings (SSSR count). The summed E-state index contributed by atoms with van der Waals surface area (Å²) in [5.74, 6) is -0.0813. The maximum Gasteiger partial charge on any atom is 0.242 e. The Bertz CT molecular complexity index is 818. The Kier molecular flexibility index (Phi) is 8.93. The van der Waals surface area contributed by atoms with E-state index >= 15 is 0 Å². The molecule has 1 amide bonds. The minimum atomic E-state index is -0.416. The second-order valence-electron chi connectivity index (χ2n) is 5.80. The van der Waals surface area contributed by atoms with E-state index in [2.05, 4.69) is 25.8 Å². The van der Waals surface area contributed by atoms with Gasteiger partial charge in [0.1, 0.15) is 18.7 Å². The summed E-state index contributed by atoms with van der Waals surface area (Å²) in [6, 6.07) is 7.65. The highest BCUT2D eigenvalue weighted by molar-refractivity contribution is 5.85. The van der Waals surface area contributed by atoms with Crippen molar-refractivity contribution >= 4 is 30.7 Å². The van der Waals surface area contributed by atoms with Gasteiger partial charge in [0.2, 0.25) is 5.91 Å². The van der Waals surface area contributed by atoms with Crippen molar-refractivity contribution in [3.8, 4) is 0 Å². The molecule has 0 fully saturated rings. The molecule has 0 spiro atoms. The number of halogens is 2. The first kappa shape index (κ1) is 22.6. The summed E-state index contributed by atoms with van der Waals surface area (Å²) in [6.45, 7) is 1.15. The SMILES string of the molecule is CNC(C(=O)NCc1ccc(Cn2cncn2)cc1)c1cnn(C)c1.Cl.Cl. The zero-order chi connectivity index (χ0) is 17.6. The van der Waals surface area contributed by atoms with Crippen LogP contribution in [-0.4, -0.2) is 37.5 Å². The largest absolute Gasteiger partial charge is 0.350 e. The molecule has 0 aliphatic heterocycles. The van der Waals surface area contributed by atoms with Crippen molar-refractivity contribution in [2.75, 3.05) is 7.05 Å². The van der Waals surface area contributed by atoms with Gasteiger partial charge in [-0.1, -0.05) is 24.3 Å². The third kappa shape index (κ3) is 6.06. The quantitative estimate of drug-likeness (QED) is 0.614. The molecular formula is C17H23Cl2N7O. The number of carbonyl (C=O) groups is 1. The summed E-state index contributed by atoms with van der Waals surface area (Å²) in [7, 11) is 3.59. The first-order valence-electron chi connectivity index (χ1n) is 7.99. The Balaban J connectivity index is 0.00000182. The number of hydrogen-bond donors (Lipinski definition) is 2. The minimum Gasteiger partial charge on any atom is -0.350 e. The molecule has 0 saturated carbocycles. The summed E-state index contributed by atoms with van der Waals surface area (Å²) in [5, 5.41) is 14.2. The Labute approximate surface area is 170 Å². The molecule has 0 saturated heterocycles. The monoisotopic (exact) mass is 411 g/mol. The summed E-state index contributed by atoms with van der Waals surface area (Å²) in [4.78, 5) is 16.3. The maximum atomic E-state index is 12.4. The second-order valence-corrected chi connectivity index (χ2v) is 5.80. The lowest BCUT2D eigenvalue weighted by atomic mass is 10.1. The number of benzene rings is 1. The number of rotatable bonds is 7. The third-order valence-electron chi connectivity index (χ3n) is 3.91. The van der Waals surface area contributed by atoms with Gasteiger partial charge in [-0.05, 0) is 18.2 Å². The minimum absolute atomic E-state index is 0. The fourth-order valence-electron chi connectivity index (χ4n) is 2.59. The molecule has 1 aromatic carbocycles. The first-order valence-corrected chi connectivity index (χ1v) is 7.99. The standard InChI is InChI=1S/C17H21N7O.2ClH/c1-18-16(15-8-21-23(2)10-15)17(25)20-7-13-3-5-14(6-4-13)9-24-12-19-11-22-24;;/h3-6,8,10-12,16,18H,7,9H2,1-2H3,(H,20,25);2*1H. The van der Waals surface area contributed by atoms with E-state index in [0.29, 0.717) is 13.1 Å². The number of aryl methyl sites for hydroxylation is 1. The Morgan fingerprint density at radius 2 is 1.85 bits per heavy atom. The molecule has 27 heavy (non-hydrogen) atoms. The van der Waals surface area contributed by atoms with E-state index in [9.17, 15) is 4.79 Å². The van der Waals surface area contributed by atoms with Crippen LogP contribution in [0.5, 0.6) is 0 Å². The van der Waals surface area contributed by atoms with Crippen LogP contribution >= 0.6 is 24.8 Å². The number of hydrogen-bond acceptors (Lipinski definition) is 5. The summed E-state index contributed by atoms with van der Waals surface area (Å²) in [6.07, 6.45) is 6.73. The molecule has 1 unspecified atom stereocenters. The van der Waals surface area contributed by atoms with E-state index in [1.165, 1.54) is 6.33 Å². The van der Waals surface area contributed by atoms with Crippen molar-refractivity contribution in [3.63, 3.8) is 0 Å². The van der Waals surface area contributed by atoms with Gasteiger partial charge in [-0.2, -0.15) is 10.2 Å². The number of aromatic nitrogens is 5. The molecule has 3 aromatic rings. The van der Waals surface area contributed by atoms with Crippen LogP contribution < -0.4 is 10.6 Å². The zero-order valence-electron chi connectivity index (χ0n) is 15.1. The zero-order valence-corrected chi connectivity index (χ0v) is 16.7. The van der Waals surface area contributed by atoms with Crippen LogP contribution in [0.25, 0.3) is 0 Å². The fourth-order valence-corrected chi connectivity index (χ4v) is 2.59. The van der Waals surface area contributed by atoms with Crippen LogP contribution in [0, 0.1) is 0 Å². The van der Waals surface area contributed by atoms with Crippen molar-refractivity contribution in [2.45, 2.75) is 19.1 Å². The van der Waals surface area contributed by atoms with Crippen LogP contribution in [0.4, 0.5) is 0 Å². The lowest BCUT2D eigenvalue weighted by molar-refractivity contribution is -0.123. The average Bonchev–Trinajstić information content (AvgIpc) is 3.27. The summed E-state index contributed by atoms with van der Waals surface area (Å²) in [5.41, 5.74) is 3.01. The van der Waals surface area contributed by atoms with Gasteiger partial charge in [0.25, 0.3) is 0 Å². The van der Waals surface area contributed by atoms with Crippen LogP contribution in [0.3, 0.4) is 0 Å².